The second-order valence-electron chi connectivity index (χ2n) is 2.56. The molecule has 66 valence electrons. The summed E-state index contributed by atoms with van der Waals surface area (Å²) >= 11 is 0. The summed E-state index contributed by atoms with van der Waals surface area (Å²) in [6.07, 6.45) is 4.43. The van der Waals surface area contributed by atoms with Gasteiger partial charge in [-0.3, -0.25) is 4.68 Å². The van der Waals surface area contributed by atoms with Crippen LogP contribution in [-0.2, 0) is 13.5 Å². The molecule has 3 N–H and O–H groups in total. The van der Waals surface area contributed by atoms with Gasteiger partial charge < -0.3 is 11.1 Å². The number of carbonyl (C=O) groups is 1. The summed E-state index contributed by atoms with van der Waals surface area (Å²) in [5.74, 6) is 0. The van der Waals surface area contributed by atoms with E-state index in [0.717, 1.165) is 12.0 Å². The van der Waals surface area contributed by atoms with Gasteiger partial charge in [0, 0.05) is 19.8 Å². The maximum atomic E-state index is 10.3. The lowest BCUT2D eigenvalue weighted by molar-refractivity contribution is 0.249. The monoisotopic (exact) mass is 168 g/mol. The van der Waals surface area contributed by atoms with E-state index in [1.807, 2.05) is 13.2 Å². The number of urea groups is 1. The topological polar surface area (TPSA) is 72.9 Å². The van der Waals surface area contributed by atoms with Gasteiger partial charge in [0.05, 0.1) is 6.20 Å². The number of aryl methyl sites for hydroxylation is 1. The van der Waals surface area contributed by atoms with Gasteiger partial charge in [0.1, 0.15) is 0 Å². The predicted molar refractivity (Wildman–Crippen MR) is 44.5 cm³/mol. The van der Waals surface area contributed by atoms with Gasteiger partial charge in [-0.15, -0.1) is 0 Å². The molecule has 5 nitrogen and oxygen atoms in total. The normalized spacial score (nSPS) is 9.75. The van der Waals surface area contributed by atoms with Crippen LogP contribution in [-0.4, -0.2) is 22.4 Å². The van der Waals surface area contributed by atoms with Gasteiger partial charge in [0.15, 0.2) is 0 Å². The summed E-state index contributed by atoms with van der Waals surface area (Å²) < 4.78 is 1.72. The van der Waals surface area contributed by atoms with Gasteiger partial charge in [-0.25, -0.2) is 4.79 Å². The smallest absolute Gasteiger partial charge is 0.312 e. The minimum Gasteiger partial charge on any atom is -0.352 e. The molecule has 0 saturated carbocycles. The molecule has 2 amide bonds. The molecule has 0 bridgehead atoms. The first kappa shape index (κ1) is 8.58. The van der Waals surface area contributed by atoms with Gasteiger partial charge in [-0.1, -0.05) is 0 Å². The average Bonchev–Trinajstić information content (AvgIpc) is 2.35. The fraction of sp³-hybridized carbons (Fsp3) is 0.429. The summed E-state index contributed by atoms with van der Waals surface area (Å²) in [5.41, 5.74) is 5.98. The highest BCUT2D eigenvalue weighted by Gasteiger charge is 1.96. The zero-order valence-corrected chi connectivity index (χ0v) is 6.95. The fourth-order valence-electron chi connectivity index (χ4n) is 0.931. The van der Waals surface area contributed by atoms with E-state index in [0.29, 0.717) is 6.54 Å². The molecule has 0 atom stereocenters. The highest BCUT2D eigenvalue weighted by Crippen LogP contribution is 1.95. The SMILES string of the molecule is Cn1cc(CCNC(N)=O)cn1. The van der Waals surface area contributed by atoms with Crippen molar-refractivity contribution in [3.8, 4) is 0 Å². The fourth-order valence-corrected chi connectivity index (χ4v) is 0.931. The number of amides is 2. The van der Waals surface area contributed by atoms with E-state index in [1.165, 1.54) is 0 Å². The van der Waals surface area contributed by atoms with Crippen LogP contribution in [0, 0.1) is 0 Å². The van der Waals surface area contributed by atoms with Crippen LogP contribution in [0.5, 0.6) is 0 Å². The van der Waals surface area contributed by atoms with E-state index in [-0.39, 0.29) is 0 Å². The molecular weight excluding hydrogens is 156 g/mol. The van der Waals surface area contributed by atoms with Crippen molar-refractivity contribution in [2.24, 2.45) is 12.8 Å². The quantitative estimate of drug-likeness (QED) is 0.646. The summed E-state index contributed by atoms with van der Waals surface area (Å²) in [6, 6.07) is -0.487. The Morgan fingerprint density at radius 3 is 3.08 bits per heavy atom. The van der Waals surface area contributed by atoms with Crippen LogP contribution >= 0.6 is 0 Å². The standard InChI is InChI=1S/C7H12N4O/c1-11-5-6(4-10-11)2-3-9-7(8)12/h4-5H,2-3H2,1H3,(H3,8,9,12). The number of aromatic nitrogens is 2. The molecule has 0 radical (unpaired) electrons. The largest absolute Gasteiger partial charge is 0.352 e. The summed E-state index contributed by atoms with van der Waals surface area (Å²) in [4.78, 5) is 10.3. The molecule has 1 aromatic heterocycles. The molecular formula is C7H12N4O. The Bertz CT molecular complexity index is 268. The van der Waals surface area contributed by atoms with Crippen LogP contribution in [0.3, 0.4) is 0 Å². The lowest BCUT2D eigenvalue weighted by Gasteiger charge is -1.97. The first-order valence-corrected chi connectivity index (χ1v) is 3.69. The number of hydrogen-bond acceptors (Lipinski definition) is 2. The van der Waals surface area contributed by atoms with E-state index in [2.05, 4.69) is 10.4 Å². The highest BCUT2D eigenvalue weighted by atomic mass is 16.2. The van der Waals surface area contributed by atoms with Crippen molar-refractivity contribution in [2.75, 3.05) is 6.54 Å². The summed E-state index contributed by atoms with van der Waals surface area (Å²) in [6.45, 7) is 0.557. The maximum Gasteiger partial charge on any atom is 0.312 e. The molecule has 1 rings (SSSR count). The van der Waals surface area contributed by atoms with E-state index in [4.69, 9.17) is 5.73 Å². The molecule has 5 heteroatoms. The van der Waals surface area contributed by atoms with Crippen LogP contribution in [0.25, 0.3) is 0 Å². The second-order valence-corrected chi connectivity index (χ2v) is 2.56. The Kier molecular flexibility index (Phi) is 2.68. The zero-order valence-electron chi connectivity index (χ0n) is 6.95. The Hall–Kier alpha value is -1.52. The lowest BCUT2D eigenvalue weighted by Crippen LogP contribution is -2.30. The molecule has 0 aliphatic heterocycles. The van der Waals surface area contributed by atoms with Crippen LogP contribution in [0.4, 0.5) is 4.79 Å². The first-order valence-electron chi connectivity index (χ1n) is 3.69. The van der Waals surface area contributed by atoms with E-state index >= 15 is 0 Å². The number of nitrogens with zero attached hydrogens (tertiary/aromatic N) is 2. The minimum absolute atomic E-state index is 0.487. The summed E-state index contributed by atoms with van der Waals surface area (Å²) in [5, 5.41) is 6.49. The molecule has 0 unspecified atom stereocenters. The first-order chi connectivity index (χ1) is 5.68. The molecule has 0 aliphatic carbocycles. The van der Waals surface area contributed by atoms with Crippen molar-refractivity contribution in [3.63, 3.8) is 0 Å². The molecule has 0 aromatic carbocycles. The van der Waals surface area contributed by atoms with E-state index in [9.17, 15) is 4.79 Å². The maximum absolute atomic E-state index is 10.3. The number of rotatable bonds is 3. The Balaban J connectivity index is 2.29. The van der Waals surface area contributed by atoms with Crippen molar-refractivity contribution in [3.05, 3.63) is 18.0 Å². The van der Waals surface area contributed by atoms with Gasteiger partial charge in [0.25, 0.3) is 0 Å². The Labute approximate surface area is 70.5 Å². The van der Waals surface area contributed by atoms with Crippen molar-refractivity contribution in [1.29, 1.82) is 0 Å². The van der Waals surface area contributed by atoms with Crippen LogP contribution in [0.1, 0.15) is 5.56 Å². The minimum atomic E-state index is -0.487. The van der Waals surface area contributed by atoms with Crippen LogP contribution < -0.4 is 11.1 Å². The van der Waals surface area contributed by atoms with Gasteiger partial charge in [-0.05, 0) is 12.0 Å². The van der Waals surface area contributed by atoms with E-state index in [1.54, 1.807) is 10.9 Å². The third-order valence-electron chi connectivity index (χ3n) is 1.47. The lowest BCUT2D eigenvalue weighted by atomic mass is 10.2. The Morgan fingerprint density at radius 2 is 2.58 bits per heavy atom. The van der Waals surface area contributed by atoms with Crippen molar-refractivity contribution in [1.82, 2.24) is 15.1 Å². The highest BCUT2D eigenvalue weighted by molar-refractivity contribution is 5.71. The number of nitrogens with one attached hydrogen (secondary N) is 1. The number of hydrogen-bond donors (Lipinski definition) is 2. The zero-order chi connectivity index (χ0) is 8.97. The number of nitrogens with two attached hydrogens (primary N) is 1. The predicted octanol–water partition coefficient (Wildman–Crippen LogP) is -0.369. The van der Waals surface area contributed by atoms with Crippen molar-refractivity contribution >= 4 is 6.03 Å². The molecule has 12 heavy (non-hydrogen) atoms. The van der Waals surface area contributed by atoms with Gasteiger partial charge in [-0.2, -0.15) is 5.10 Å². The van der Waals surface area contributed by atoms with Crippen molar-refractivity contribution in [2.45, 2.75) is 6.42 Å². The van der Waals surface area contributed by atoms with E-state index < -0.39 is 6.03 Å². The molecule has 0 spiro atoms. The van der Waals surface area contributed by atoms with Gasteiger partial charge >= 0.3 is 6.03 Å². The third kappa shape index (κ3) is 2.61. The Morgan fingerprint density at radius 1 is 1.83 bits per heavy atom. The summed E-state index contributed by atoms with van der Waals surface area (Å²) in [7, 11) is 1.85. The van der Waals surface area contributed by atoms with Crippen LogP contribution in [0.15, 0.2) is 12.4 Å². The molecule has 0 aliphatic rings. The second kappa shape index (κ2) is 3.75. The van der Waals surface area contributed by atoms with Crippen LogP contribution in [0.2, 0.25) is 0 Å². The number of carbonyl (C=O) groups excluding carboxylic acids is 1. The molecule has 1 heterocycles. The molecule has 0 saturated heterocycles. The number of primary amides is 1. The third-order valence-corrected chi connectivity index (χ3v) is 1.47. The van der Waals surface area contributed by atoms with Crippen molar-refractivity contribution < 1.29 is 4.79 Å². The average molecular weight is 168 g/mol. The molecule has 0 fully saturated rings. The molecule has 1 aromatic rings. The van der Waals surface area contributed by atoms with Gasteiger partial charge in [0.2, 0.25) is 0 Å².